The number of aryl methyl sites for hydroxylation is 2. The predicted molar refractivity (Wildman–Crippen MR) is 157 cm³/mol. The van der Waals surface area contributed by atoms with Crippen LogP contribution in [0.4, 0.5) is 5.69 Å². The minimum absolute atomic E-state index is 0.101. The van der Waals surface area contributed by atoms with Crippen LogP contribution < -0.4 is 9.62 Å². The summed E-state index contributed by atoms with van der Waals surface area (Å²) in [5, 5.41) is 3.49. The number of benzene rings is 3. The zero-order valence-electron chi connectivity index (χ0n) is 23.0. The van der Waals surface area contributed by atoms with E-state index in [1.165, 1.54) is 4.90 Å². The molecule has 0 heterocycles. The molecule has 0 spiro atoms. The van der Waals surface area contributed by atoms with Gasteiger partial charge in [-0.1, -0.05) is 60.1 Å². The highest BCUT2D eigenvalue weighted by Crippen LogP contribution is 2.23. The van der Waals surface area contributed by atoms with Crippen LogP contribution >= 0.6 is 11.6 Å². The molecule has 1 atom stereocenters. The lowest BCUT2D eigenvalue weighted by Gasteiger charge is -2.34. The SMILES string of the molecule is Cc1ccc(N(CC(=O)N(Cc2ccc(Cl)cc2)C(Cc2ccccc2)C(=O)NC(C)C)S(C)(=O)=O)cc1C. The fraction of sp³-hybridized carbons (Fsp3) is 0.333. The van der Waals surface area contributed by atoms with E-state index in [-0.39, 0.29) is 24.9 Å². The highest BCUT2D eigenvalue weighted by atomic mass is 35.5. The van der Waals surface area contributed by atoms with Crippen molar-refractivity contribution in [2.24, 2.45) is 0 Å². The number of carbonyl (C=O) groups excluding carboxylic acids is 2. The average molecular weight is 570 g/mol. The third-order valence-corrected chi connectivity index (χ3v) is 7.82. The summed E-state index contributed by atoms with van der Waals surface area (Å²) >= 11 is 6.08. The smallest absolute Gasteiger partial charge is 0.244 e. The molecule has 39 heavy (non-hydrogen) atoms. The minimum atomic E-state index is -3.81. The second-order valence-electron chi connectivity index (χ2n) is 10.1. The maximum absolute atomic E-state index is 14.0. The largest absolute Gasteiger partial charge is 0.352 e. The summed E-state index contributed by atoms with van der Waals surface area (Å²) in [5.41, 5.74) is 3.96. The van der Waals surface area contributed by atoms with E-state index >= 15 is 0 Å². The van der Waals surface area contributed by atoms with E-state index in [2.05, 4.69) is 5.32 Å². The van der Waals surface area contributed by atoms with Crippen LogP contribution in [0.1, 0.15) is 36.1 Å². The monoisotopic (exact) mass is 569 g/mol. The van der Waals surface area contributed by atoms with Gasteiger partial charge in [-0.2, -0.15) is 0 Å². The predicted octanol–water partition coefficient (Wildman–Crippen LogP) is 4.89. The summed E-state index contributed by atoms with van der Waals surface area (Å²) in [6, 6.07) is 20.7. The Kier molecular flexibility index (Phi) is 10.2. The van der Waals surface area contributed by atoms with E-state index in [0.29, 0.717) is 10.7 Å². The number of sulfonamides is 1. The Bertz CT molecular complexity index is 1390. The van der Waals surface area contributed by atoms with E-state index in [0.717, 1.165) is 32.8 Å². The number of nitrogens with zero attached hydrogens (tertiary/aromatic N) is 2. The lowest BCUT2D eigenvalue weighted by atomic mass is 10.0. The van der Waals surface area contributed by atoms with E-state index < -0.39 is 28.5 Å². The molecule has 0 saturated heterocycles. The number of halogens is 1. The van der Waals surface area contributed by atoms with E-state index in [9.17, 15) is 18.0 Å². The van der Waals surface area contributed by atoms with Gasteiger partial charge in [-0.25, -0.2) is 8.42 Å². The van der Waals surface area contributed by atoms with Crippen molar-refractivity contribution in [1.82, 2.24) is 10.2 Å². The van der Waals surface area contributed by atoms with Gasteiger partial charge in [0.1, 0.15) is 12.6 Å². The number of nitrogens with one attached hydrogen (secondary N) is 1. The summed E-state index contributed by atoms with van der Waals surface area (Å²) in [6.07, 6.45) is 1.34. The van der Waals surface area contributed by atoms with Gasteiger partial charge in [-0.05, 0) is 74.2 Å². The molecule has 2 amide bonds. The first-order valence-electron chi connectivity index (χ1n) is 12.8. The lowest BCUT2D eigenvalue weighted by Crippen LogP contribution is -2.54. The Balaban J connectivity index is 2.06. The Labute approximate surface area is 236 Å². The van der Waals surface area contributed by atoms with Gasteiger partial charge in [-0.3, -0.25) is 13.9 Å². The molecule has 0 saturated carbocycles. The topological polar surface area (TPSA) is 86.8 Å². The molecule has 0 aromatic heterocycles. The van der Waals surface area contributed by atoms with Crippen LogP contribution in [-0.4, -0.2) is 50.0 Å². The summed E-state index contributed by atoms with van der Waals surface area (Å²) in [6.45, 7) is 7.19. The normalized spacial score (nSPS) is 12.2. The van der Waals surface area contributed by atoms with Crippen LogP contribution in [-0.2, 0) is 32.6 Å². The molecule has 1 N–H and O–H groups in total. The van der Waals surface area contributed by atoms with Gasteiger partial charge in [0, 0.05) is 24.0 Å². The molecule has 1 unspecified atom stereocenters. The standard InChI is InChI=1S/C30H36ClN3O4S/c1-21(2)32-30(36)28(18-24-9-7-6-8-10-24)33(19-25-12-14-26(31)15-13-25)29(35)20-34(39(5,37)38)27-16-11-22(3)23(4)17-27/h6-17,21,28H,18-20H2,1-5H3,(H,32,36). The third kappa shape index (κ3) is 8.57. The van der Waals surface area contributed by atoms with Crippen LogP contribution in [0.2, 0.25) is 5.02 Å². The Hall–Kier alpha value is -3.36. The molecule has 7 nitrogen and oxygen atoms in total. The number of anilines is 1. The summed E-state index contributed by atoms with van der Waals surface area (Å²) in [5.74, 6) is -0.804. The van der Waals surface area contributed by atoms with Crippen molar-refractivity contribution >= 4 is 39.1 Å². The maximum Gasteiger partial charge on any atom is 0.244 e. The number of carbonyl (C=O) groups is 2. The van der Waals surface area contributed by atoms with Crippen LogP contribution in [0.15, 0.2) is 72.8 Å². The van der Waals surface area contributed by atoms with Crippen LogP contribution in [0.3, 0.4) is 0 Å². The van der Waals surface area contributed by atoms with Gasteiger partial charge in [0.05, 0.1) is 11.9 Å². The van der Waals surface area contributed by atoms with Crippen molar-refractivity contribution in [3.8, 4) is 0 Å². The van der Waals surface area contributed by atoms with E-state index in [1.807, 2.05) is 64.1 Å². The number of rotatable bonds is 11. The fourth-order valence-electron chi connectivity index (χ4n) is 4.22. The molecule has 9 heteroatoms. The average Bonchev–Trinajstić information content (AvgIpc) is 2.87. The van der Waals surface area contributed by atoms with Crippen molar-refractivity contribution in [2.75, 3.05) is 17.1 Å². The molecule has 0 aliphatic carbocycles. The molecule has 208 valence electrons. The zero-order chi connectivity index (χ0) is 28.7. The zero-order valence-corrected chi connectivity index (χ0v) is 24.6. The Morgan fingerprint density at radius 2 is 1.54 bits per heavy atom. The molecule has 3 aromatic carbocycles. The first kappa shape index (κ1) is 30.2. The number of hydrogen-bond donors (Lipinski definition) is 1. The maximum atomic E-state index is 14.0. The highest BCUT2D eigenvalue weighted by Gasteiger charge is 2.33. The molecule has 3 rings (SSSR count). The van der Waals surface area contributed by atoms with Crippen molar-refractivity contribution in [1.29, 1.82) is 0 Å². The van der Waals surface area contributed by atoms with Gasteiger partial charge < -0.3 is 10.2 Å². The third-order valence-electron chi connectivity index (χ3n) is 6.43. The fourth-order valence-corrected chi connectivity index (χ4v) is 5.18. The van der Waals surface area contributed by atoms with Gasteiger partial charge in [0.25, 0.3) is 0 Å². The minimum Gasteiger partial charge on any atom is -0.352 e. The quantitative estimate of drug-likeness (QED) is 0.356. The van der Waals surface area contributed by atoms with Crippen LogP contribution in [0.25, 0.3) is 0 Å². The Morgan fingerprint density at radius 1 is 0.897 bits per heavy atom. The molecule has 0 aliphatic heterocycles. The van der Waals surface area contributed by atoms with Crippen molar-refractivity contribution in [3.63, 3.8) is 0 Å². The van der Waals surface area contributed by atoms with E-state index in [1.54, 1.807) is 36.4 Å². The highest BCUT2D eigenvalue weighted by molar-refractivity contribution is 7.92. The van der Waals surface area contributed by atoms with Crippen molar-refractivity contribution in [3.05, 3.63) is 100 Å². The first-order chi connectivity index (χ1) is 18.3. The Morgan fingerprint density at radius 3 is 2.10 bits per heavy atom. The van der Waals surface area contributed by atoms with Gasteiger partial charge in [-0.15, -0.1) is 0 Å². The molecule has 0 radical (unpaired) electrons. The second-order valence-corrected chi connectivity index (χ2v) is 12.4. The molecule has 0 fully saturated rings. The van der Waals surface area contributed by atoms with Crippen LogP contribution in [0.5, 0.6) is 0 Å². The summed E-state index contributed by atoms with van der Waals surface area (Å²) < 4.78 is 26.9. The van der Waals surface area contributed by atoms with E-state index in [4.69, 9.17) is 11.6 Å². The molecule has 0 bridgehead atoms. The molecule has 0 aliphatic rings. The molecule has 3 aromatic rings. The summed E-state index contributed by atoms with van der Waals surface area (Å²) in [7, 11) is -3.81. The van der Waals surface area contributed by atoms with Gasteiger partial charge in [0.15, 0.2) is 0 Å². The number of amides is 2. The van der Waals surface area contributed by atoms with Gasteiger partial charge >= 0.3 is 0 Å². The second kappa shape index (κ2) is 13.1. The summed E-state index contributed by atoms with van der Waals surface area (Å²) in [4.78, 5) is 29.0. The number of hydrogen-bond acceptors (Lipinski definition) is 4. The molecular weight excluding hydrogens is 534 g/mol. The van der Waals surface area contributed by atoms with Gasteiger partial charge in [0.2, 0.25) is 21.8 Å². The van der Waals surface area contributed by atoms with Crippen LogP contribution in [0, 0.1) is 13.8 Å². The van der Waals surface area contributed by atoms with Crippen molar-refractivity contribution < 1.29 is 18.0 Å². The lowest BCUT2D eigenvalue weighted by molar-refractivity contribution is -0.140. The first-order valence-corrected chi connectivity index (χ1v) is 15.0. The van der Waals surface area contributed by atoms with Crippen molar-refractivity contribution in [2.45, 2.75) is 52.7 Å². The molecular formula is C30H36ClN3O4S.